The number of ether oxygens (including phenoxy) is 2. The molecule has 1 saturated heterocycles. The highest BCUT2D eigenvalue weighted by Gasteiger charge is 2.24. The van der Waals surface area contributed by atoms with Crippen LogP contribution in [-0.4, -0.2) is 51.3 Å². The third kappa shape index (κ3) is 6.18. The average Bonchev–Trinajstić information content (AvgIpc) is 3.00. The summed E-state index contributed by atoms with van der Waals surface area (Å²) in [5.41, 5.74) is 1.15. The second kappa shape index (κ2) is 10.7. The molecule has 1 fully saturated rings. The van der Waals surface area contributed by atoms with Gasteiger partial charge in [-0.15, -0.1) is 24.0 Å². The maximum absolute atomic E-state index is 5.27. The van der Waals surface area contributed by atoms with Gasteiger partial charge in [-0.3, -0.25) is 0 Å². The van der Waals surface area contributed by atoms with Gasteiger partial charge in [0.1, 0.15) is 5.75 Å². The molecule has 1 aliphatic heterocycles. The molecular formula is C17H28IN3O2. The molecule has 0 spiro atoms. The fourth-order valence-electron chi connectivity index (χ4n) is 2.76. The Morgan fingerprint density at radius 3 is 2.91 bits per heavy atom. The minimum absolute atomic E-state index is 0. The molecule has 0 aliphatic carbocycles. The molecule has 6 heteroatoms. The third-order valence-electron chi connectivity index (χ3n) is 3.87. The quantitative estimate of drug-likeness (QED) is 0.426. The van der Waals surface area contributed by atoms with Crippen LogP contribution in [0.5, 0.6) is 5.75 Å². The summed E-state index contributed by atoms with van der Waals surface area (Å²) >= 11 is 0. The summed E-state index contributed by atoms with van der Waals surface area (Å²) in [5.74, 6) is 2.47. The molecule has 0 aromatic heterocycles. The maximum atomic E-state index is 5.27. The number of benzene rings is 1. The average molecular weight is 433 g/mol. The molecule has 1 heterocycles. The van der Waals surface area contributed by atoms with Gasteiger partial charge in [-0.2, -0.15) is 0 Å². The Morgan fingerprint density at radius 1 is 1.39 bits per heavy atom. The van der Waals surface area contributed by atoms with E-state index in [1.807, 2.05) is 18.2 Å². The SMILES string of the molecule is CCNC(=NCc1cccc(OC)c1)N1CCC(COC)C1.I. The predicted molar refractivity (Wildman–Crippen MR) is 105 cm³/mol. The lowest BCUT2D eigenvalue weighted by Gasteiger charge is -2.21. The molecule has 1 aliphatic rings. The molecule has 5 nitrogen and oxygen atoms in total. The van der Waals surface area contributed by atoms with Crippen molar-refractivity contribution in [2.24, 2.45) is 10.9 Å². The van der Waals surface area contributed by atoms with Crippen LogP contribution in [-0.2, 0) is 11.3 Å². The molecule has 1 aromatic rings. The molecular weight excluding hydrogens is 405 g/mol. The lowest BCUT2D eigenvalue weighted by Crippen LogP contribution is -2.40. The summed E-state index contributed by atoms with van der Waals surface area (Å²) in [7, 11) is 3.46. The monoisotopic (exact) mass is 433 g/mol. The first-order valence-electron chi connectivity index (χ1n) is 7.92. The molecule has 23 heavy (non-hydrogen) atoms. The second-order valence-electron chi connectivity index (χ2n) is 5.58. The Bertz CT molecular complexity index is 496. The van der Waals surface area contributed by atoms with Crippen molar-refractivity contribution in [3.63, 3.8) is 0 Å². The maximum Gasteiger partial charge on any atom is 0.194 e. The van der Waals surface area contributed by atoms with Crippen LogP contribution < -0.4 is 10.1 Å². The van der Waals surface area contributed by atoms with E-state index in [1.54, 1.807) is 14.2 Å². The van der Waals surface area contributed by atoms with Crippen molar-refractivity contribution in [2.75, 3.05) is 40.5 Å². The first kappa shape index (κ1) is 20.0. The number of methoxy groups -OCH3 is 2. The Labute approximate surface area is 156 Å². The van der Waals surface area contributed by atoms with E-state index in [9.17, 15) is 0 Å². The summed E-state index contributed by atoms with van der Waals surface area (Å²) < 4.78 is 10.5. The van der Waals surface area contributed by atoms with E-state index in [4.69, 9.17) is 14.5 Å². The van der Waals surface area contributed by atoms with Crippen LogP contribution in [0.15, 0.2) is 29.3 Å². The highest BCUT2D eigenvalue weighted by molar-refractivity contribution is 14.0. The van der Waals surface area contributed by atoms with Crippen LogP contribution in [0.25, 0.3) is 0 Å². The molecule has 2 rings (SSSR count). The van der Waals surface area contributed by atoms with Crippen molar-refractivity contribution in [3.8, 4) is 5.75 Å². The molecule has 1 aromatic carbocycles. The zero-order chi connectivity index (χ0) is 15.8. The van der Waals surface area contributed by atoms with Gasteiger partial charge in [-0.1, -0.05) is 12.1 Å². The Kier molecular flexibility index (Phi) is 9.31. The molecule has 0 saturated carbocycles. The van der Waals surface area contributed by atoms with E-state index in [2.05, 4.69) is 23.2 Å². The topological polar surface area (TPSA) is 46.1 Å². The zero-order valence-electron chi connectivity index (χ0n) is 14.2. The molecule has 0 radical (unpaired) electrons. The van der Waals surface area contributed by atoms with E-state index >= 15 is 0 Å². The Balaban J connectivity index is 0.00000264. The number of hydrogen-bond acceptors (Lipinski definition) is 3. The van der Waals surface area contributed by atoms with Crippen LogP contribution in [0.2, 0.25) is 0 Å². The van der Waals surface area contributed by atoms with Crippen molar-refractivity contribution in [1.29, 1.82) is 0 Å². The van der Waals surface area contributed by atoms with Gasteiger partial charge >= 0.3 is 0 Å². The van der Waals surface area contributed by atoms with Crippen LogP contribution in [0, 0.1) is 5.92 Å². The third-order valence-corrected chi connectivity index (χ3v) is 3.87. The Morgan fingerprint density at radius 2 is 2.22 bits per heavy atom. The number of hydrogen-bond donors (Lipinski definition) is 1. The smallest absolute Gasteiger partial charge is 0.194 e. The second-order valence-corrected chi connectivity index (χ2v) is 5.58. The van der Waals surface area contributed by atoms with Gasteiger partial charge in [0, 0.05) is 32.7 Å². The predicted octanol–water partition coefficient (Wildman–Crippen LogP) is 2.75. The first-order chi connectivity index (χ1) is 10.8. The Hall–Kier alpha value is -1.02. The van der Waals surface area contributed by atoms with Crippen LogP contribution >= 0.6 is 24.0 Å². The van der Waals surface area contributed by atoms with Gasteiger partial charge in [0.05, 0.1) is 20.3 Å². The van der Waals surface area contributed by atoms with Crippen LogP contribution in [0.1, 0.15) is 18.9 Å². The van der Waals surface area contributed by atoms with Gasteiger partial charge in [0.15, 0.2) is 5.96 Å². The number of likely N-dealkylation sites (tertiary alicyclic amines) is 1. The van der Waals surface area contributed by atoms with Gasteiger partial charge < -0.3 is 19.7 Å². The van der Waals surface area contributed by atoms with Crippen molar-refractivity contribution >= 4 is 29.9 Å². The van der Waals surface area contributed by atoms with Crippen LogP contribution in [0.4, 0.5) is 0 Å². The summed E-state index contributed by atoms with van der Waals surface area (Å²) in [6, 6.07) is 8.06. The molecule has 1 atom stereocenters. The van der Waals surface area contributed by atoms with E-state index in [0.29, 0.717) is 12.5 Å². The summed E-state index contributed by atoms with van der Waals surface area (Å²) in [6.07, 6.45) is 1.16. The fraction of sp³-hybridized carbons (Fsp3) is 0.588. The van der Waals surface area contributed by atoms with E-state index in [1.165, 1.54) is 0 Å². The van der Waals surface area contributed by atoms with Crippen molar-refractivity contribution in [3.05, 3.63) is 29.8 Å². The largest absolute Gasteiger partial charge is 0.497 e. The van der Waals surface area contributed by atoms with E-state index in [-0.39, 0.29) is 24.0 Å². The van der Waals surface area contributed by atoms with E-state index in [0.717, 1.165) is 49.9 Å². The molecule has 1 N–H and O–H groups in total. The summed E-state index contributed by atoms with van der Waals surface area (Å²) in [4.78, 5) is 7.10. The van der Waals surface area contributed by atoms with Crippen LogP contribution in [0.3, 0.4) is 0 Å². The van der Waals surface area contributed by atoms with Gasteiger partial charge in [0.25, 0.3) is 0 Å². The summed E-state index contributed by atoms with van der Waals surface area (Å²) in [6.45, 7) is 6.51. The number of guanidine groups is 1. The number of aliphatic imine (C=N–C) groups is 1. The minimum atomic E-state index is 0. The number of halogens is 1. The highest BCUT2D eigenvalue weighted by atomic mass is 127. The number of nitrogens with zero attached hydrogens (tertiary/aromatic N) is 2. The van der Waals surface area contributed by atoms with Gasteiger partial charge in [-0.25, -0.2) is 4.99 Å². The molecule has 1 unspecified atom stereocenters. The van der Waals surface area contributed by atoms with Crippen molar-refractivity contribution < 1.29 is 9.47 Å². The highest BCUT2D eigenvalue weighted by Crippen LogP contribution is 2.17. The standard InChI is InChI=1S/C17H27N3O2.HI/c1-4-18-17(20-9-8-15(12-20)13-21-2)19-11-14-6-5-7-16(10-14)22-3;/h5-7,10,15H,4,8-9,11-13H2,1-3H3,(H,18,19);1H. The number of nitrogens with one attached hydrogen (secondary N) is 1. The first-order valence-corrected chi connectivity index (χ1v) is 7.92. The number of rotatable bonds is 6. The normalized spacial score (nSPS) is 17.8. The van der Waals surface area contributed by atoms with Crippen molar-refractivity contribution in [2.45, 2.75) is 19.9 Å². The van der Waals surface area contributed by atoms with E-state index < -0.39 is 0 Å². The lowest BCUT2D eigenvalue weighted by molar-refractivity contribution is 0.157. The minimum Gasteiger partial charge on any atom is -0.497 e. The zero-order valence-corrected chi connectivity index (χ0v) is 16.6. The molecule has 0 bridgehead atoms. The molecule has 130 valence electrons. The van der Waals surface area contributed by atoms with Crippen molar-refractivity contribution in [1.82, 2.24) is 10.2 Å². The summed E-state index contributed by atoms with van der Waals surface area (Å²) in [5, 5.41) is 3.39. The van der Waals surface area contributed by atoms with Gasteiger partial charge in [0.2, 0.25) is 0 Å². The van der Waals surface area contributed by atoms with Gasteiger partial charge in [-0.05, 0) is 31.0 Å². The molecule has 0 amide bonds. The fourth-order valence-corrected chi connectivity index (χ4v) is 2.76. The lowest BCUT2D eigenvalue weighted by atomic mass is 10.1.